The summed E-state index contributed by atoms with van der Waals surface area (Å²) in [6.07, 6.45) is 2.62. The Hall–Kier alpha value is -1.72. The molecule has 1 spiro atoms. The molecule has 2 aliphatic heterocycles. The normalized spacial score (nSPS) is 25.9. The lowest BCUT2D eigenvalue weighted by Gasteiger charge is -2.40. The number of anilines is 1. The van der Waals surface area contributed by atoms with E-state index < -0.39 is 0 Å². The summed E-state index contributed by atoms with van der Waals surface area (Å²) in [6, 6.07) is 6.20. The van der Waals surface area contributed by atoms with Gasteiger partial charge >= 0.3 is 0 Å². The minimum atomic E-state index is -0.155. The first-order valence-electron chi connectivity index (χ1n) is 7.44. The average Bonchev–Trinajstić information content (AvgIpc) is 2.95. The highest BCUT2D eigenvalue weighted by Crippen LogP contribution is 2.32. The Labute approximate surface area is 123 Å². The first kappa shape index (κ1) is 13.0. The van der Waals surface area contributed by atoms with Crippen molar-refractivity contribution in [1.29, 1.82) is 0 Å². The molecular formula is C16H19N3O2. The van der Waals surface area contributed by atoms with Gasteiger partial charge in [-0.15, -0.1) is 0 Å². The van der Waals surface area contributed by atoms with Gasteiger partial charge in [-0.25, -0.2) is 9.97 Å². The smallest absolute Gasteiger partial charge is 0.140 e. The molecule has 21 heavy (non-hydrogen) atoms. The van der Waals surface area contributed by atoms with Crippen LogP contribution in [-0.2, 0) is 9.47 Å². The molecule has 0 amide bonds. The van der Waals surface area contributed by atoms with Crippen molar-refractivity contribution in [3.63, 3.8) is 0 Å². The van der Waals surface area contributed by atoms with Gasteiger partial charge in [0, 0.05) is 25.0 Å². The maximum Gasteiger partial charge on any atom is 0.140 e. The minimum absolute atomic E-state index is 0.155. The molecule has 2 aliphatic rings. The van der Waals surface area contributed by atoms with Crippen LogP contribution in [0.15, 0.2) is 24.5 Å². The largest absolute Gasteiger partial charge is 0.378 e. The molecule has 0 saturated carbocycles. The quantitative estimate of drug-likeness (QED) is 0.801. The van der Waals surface area contributed by atoms with E-state index in [1.54, 1.807) is 6.33 Å². The molecule has 0 radical (unpaired) electrons. The van der Waals surface area contributed by atoms with Crippen molar-refractivity contribution in [3.05, 3.63) is 30.1 Å². The molecule has 110 valence electrons. The van der Waals surface area contributed by atoms with Gasteiger partial charge in [0.2, 0.25) is 0 Å². The van der Waals surface area contributed by atoms with Gasteiger partial charge < -0.3 is 14.4 Å². The topological polar surface area (TPSA) is 47.5 Å². The highest BCUT2D eigenvalue weighted by atomic mass is 16.6. The second kappa shape index (κ2) is 4.93. The zero-order chi connectivity index (χ0) is 14.3. The van der Waals surface area contributed by atoms with E-state index in [1.807, 2.05) is 12.1 Å². The van der Waals surface area contributed by atoms with Crippen LogP contribution in [0.4, 0.5) is 5.82 Å². The maximum absolute atomic E-state index is 6.01. The van der Waals surface area contributed by atoms with Crippen LogP contribution in [0.5, 0.6) is 0 Å². The monoisotopic (exact) mass is 285 g/mol. The molecule has 0 N–H and O–H groups in total. The molecule has 2 saturated heterocycles. The van der Waals surface area contributed by atoms with Crippen LogP contribution in [-0.4, -0.2) is 48.5 Å². The third-order valence-electron chi connectivity index (χ3n) is 4.47. The molecule has 1 unspecified atom stereocenters. The van der Waals surface area contributed by atoms with Gasteiger partial charge in [0.25, 0.3) is 0 Å². The number of nitrogens with zero attached hydrogens (tertiary/aromatic N) is 3. The number of hydrogen-bond donors (Lipinski definition) is 0. The highest BCUT2D eigenvalue weighted by molar-refractivity contribution is 5.92. The Balaban J connectivity index is 1.76. The molecule has 1 aromatic carbocycles. The average molecular weight is 285 g/mol. The Bertz CT molecular complexity index is 662. The molecule has 2 aromatic rings. The van der Waals surface area contributed by atoms with Crippen molar-refractivity contribution in [2.24, 2.45) is 0 Å². The second-order valence-corrected chi connectivity index (χ2v) is 5.92. The number of ether oxygens (including phenoxy) is 2. The highest BCUT2D eigenvalue weighted by Gasteiger charge is 2.41. The number of fused-ring (bicyclic) bond motifs is 1. The van der Waals surface area contributed by atoms with Crippen LogP contribution < -0.4 is 4.90 Å². The third-order valence-corrected chi connectivity index (χ3v) is 4.47. The Kier molecular flexibility index (Phi) is 3.05. The van der Waals surface area contributed by atoms with Gasteiger partial charge in [-0.05, 0) is 18.6 Å². The van der Waals surface area contributed by atoms with Crippen LogP contribution in [0.3, 0.4) is 0 Å². The minimum Gasteiger partial charge on any atom is -0.378 e. The van der Waals surface area contributed by atoms with E-state index in [9.17, 15) is 0 Å². The van der Waals surface area contributed by atoms with Crippen molar-refractivity contribution in [1.82, 2.24) is 9.97 Å². The van der Waals surface area contributed by atoms with E-state index in [-0.39, 0.29) is 5.60 Å². The fraction of sp³-hybridized carbons (Fsp3) is 0.500. The first-order valence-corrected chi connectivity index (χ1v) is 7.44. The van der Waals surface area contributed by atoms with Gasteiger partial charge in [-0.2, -0.15) is 0 Å². The van der Waals surface area contributed by atoms with Crippen molar-refractivity contribution in [3.8, 4) is 0 Å². The van der Waals surface area contributed by atoms with Crippen molar-refractivity contribution >= 4 is 16.7 Å². The molecule has 2 fully saturated rings. The molecular weight excluding hydrogens is 266 g/mol. The fourth-order valence-electron chi connectivity index (χ4n) is 3.35. The van der Waals surface area contributed by atoms with Crippen molar-refractivity contribution < 1.29 is 9.47 Å². The second-order valence-electron chi connectivity index (χ2n) is 5.92. The first-order chi connectivity index (χ1) is 10.3. The molecule has 5 heteroatoms. The summed E-state index contributed by atoms with van der Waals surface area (Å²) in [5.74, 6) is 1.02. The van der Waals surface area contributed by atoms with Gasteiger partial charge in [0.05, 0.1) is 25.3 Å². The van der Waals surface area contributed by atoms with E-state index in [4.69, 9.17) is 9.47 Å². The summed E-state index contributed by atoms with van der Waals surface area (Å²) in [7, 11) is 0. The van der Waals surface area contributed by atoms with Gasteiger partial charge in [0.15, 0.2) is 0 Å². The van der Waals surface area contributed by atoms with Gasteiger partial charge in [-0.1, -0.05) is 12.1 Å². The summed E-state index contributed by atoms with van der Waals surface area (Å²) in [5.41, 5.74) is 2.06. The van der Waals surface area contributed by atoms with Crippen molar-refractivity contribution in [2.75, 3.05) is 37.8 Å². The van der Waals surface area contributed by atoms with Crippen LogP contribution >= 0.6 is 0 Å². The molecule has 1 aromatic heterocycles. The Morgan fingerprint density at radius 3 is 3.05 bits per heavy atom. The molecule has 3 heterocycles. The zero-order valence-electron chi connectivity index (χ0n) is 12.2. The summed E-state index contributed by atoms with van der Waals surface area (Å²) in [6.45, 7) is 6.02. The summed E-state index contributed by atoms with van der Waals surface area (Å²) < 4.78 is 11.6. The fourth-order valence-corrected chi connectivity index (χ4v) is 3.35. The van der Waals surface area contributed by atoms with E-state index in [1.165, 1.54) is 5.56 Å². The molecule has 4 rings (SSSR count). The lowest BCUT2D eigenvalue weighted by molar-refractivity contribution is -0.0580. The zero-order valence-corrected chi connectivity index (χ0v) is 12.2. The summed E-state index contributed by atoms with van der Waals surface area (Å²) >= 11 is 0. The standard InChI is InChI=1S/C16H19N3O2/c1-12-3-2-4-13-14(12)15(18-11-17-13)19-6-8-21-16(9-19)5-7-20-10-16/h2-4,11H,5-10H2,1H3. The number of benzene rings is 1. The van der Waals surface area contributed by atoms with Crippen molar-refractivity contribution in [2.45, 2.75) is 18.9 Å². The SMILES string of the molecule is Cc1cccc2ncnc(N3CCOC4(CCOC4)C3)c12. The van der Waals surface area contributed by atoms with Gasteiger partial charge in [-0.3, -0.25) is 0 Å². The van der Waals surface area contributed by atoms with E-state index in [0.29, 0.717) is 6.61 Å². The number of rotatable bonds is 1. The number of aryl methyl sites for hydroxylation is 1. The molecule has 0 bridgehead atoms. The van der Waals surface area contributed by atoms with Gasteiger partial charge in [0.1, 0.15) is 17.7 Å². The molecule has 5 nitrogen and oxygen atoms in total. The van der Waals surface area contributed by atoms with Crippen LogP contribution in [0.25, 0.3) is 10.9 Å². The predicted octanol–water partition coefficient (Wildman–Crippen LogP) is 1.93. The molecule has 0 aliphatic carbocycles. The van der Waals surface area contributed by atoms with Crippen LogP contribution in [0.2, 0.25) is 0 Å². The Morgan fingerprint density at radius 2 is 2.19 bits per heavy atom. The summed E-state index contributed by atoms with van der Waals surface area (Å²) in [5, 5.41) is 1.15. The summed E-state index contributed by atoms with van der Waals surface area (Å²) in [4.78, 5) is 11.3. The predicted molar refractivity (Wildman–Crippen MR) is 80.6 cm³/mol. The van der Waals surface area contributed by atoms with Crippen LogP contribution in [0, 0.1) is 6.92 Å². The maximum atomic E-state index is 6.01. The number of hydrogen-bond acceptors (Lipinski definition) is 5. The number of aromatic nitrogens is 2. The van der Waals surface area contributed by atoms with Crippen LogP contribution in [0.1, 0.15) is 12.0 Å². The van der Waals surface area contributed by atoms with E-state index in [0.717, 1.165) is 49.4 Å². The lowest BCUT2D eigenvalue weighted by Crippen LogP contribution is -2.52. The molecule has 1 atom stereocenters. The number of morpholine rings is 1. The van der Waals surface area contributed by atoms with E-state index in [2.05, 4.69) is 27.9 Å². The Morgan fingerprint density at radius 1 is 1.24 bits per heavy atom. The third kappa shape index (κ3) is 2.17. The van der Waals surface area contributed by atoms with E-state index >= 15 is 0 Å². The lowest BCUT2D eigenvalue weighted by atomic mass is 10.00.